The van der Waals surface area contributed by atoms with Gasteiger partial charge in [0, 0.05) is 17.1 Å². The van der Waals surface area contributed by atoms with Gasteiger partial charge in [-0.1, -0.05) is 42.6 Å². The van der Waals surface area contributed by atoms with E-state index in [-0.39, 0.29) is 0 Å². The van der Waals surface area contributed by atoms with E-state index in [2.05, 4.69) is 24.4 Å². The Morgan fingerprint density at radius 1 is 1.14 bits per heavy atom. The van der Waals surface area contributed by atoms with Crippen molar-refractivity contribution in [2.75, 3.05) is 0 Å². The lowest BCUT2D eigenvalue weighted by atomic mass is 9.71. The zero-order valence-electron chi connectivity index (χ0n) is 13.2. The van der Waals surface area contributed by atoms with Gasteiger partial charge in [-0.3, -0.25) is 0 Å². The van der Waals surface area contributed by atoms with Gasteiger partial charge in [0.25, 0.3) is 0 Å². The van der Waals surface area contributed by atoms with Crippen molar-refractivity contribution in [3.63, 3.8) is 0 Å². The summed E-state index contributed by atoms with van der Waals surface area (Å²) in [6.07, 6.45) is 12.6. The fourth-order valence-electron chi connectivity index (χ4n) is 4.48. The molecule has 1 aromatic carbocycles. The van der Waals surface area contributed by atoms with Crippen LogP contribution in [0, 0.1) is 5.41 Å². The fraction of sp³-hybridized carbons (Fsp3) is 0.684. The number of halogens is 1. The average Bonchev–Trinajstić information content (AvgIpc) is 2.93. The van der Waals surface area contributed by atoms with E-state index in [0.29, 0.717) is 12.1 Å². The number of hydrogen-bond acceptors (Lipinski definition) is 1. The second kappa shape index (κ2) is 6.71. The molecular formula is C19H28ClN. The molecule has 2 heteroatoms. The molecule has 1 nitrogen and oxygen atoms in total. The topological polar surface area (TPSA) is 12.0 Å². The predicted octanol–water partition coefficient (Wildman–Crippen LogP) is 5.36. The summed E-state index contributed by atoms with van der Waals surface area (Å²) in [5.74, 6) is 0. The molecule has 0 heterocycles. The van der Waals surface area contributed by atoms with E-state index < -0.39 is 0 Å². The molecule has 0 amide bonds. The number of nitrogens with one attached hydrogen (secondary N) is 1. The van der Waals surface area contributed by atoms with E-state index in [1.165, 1.54) is 56.9 Å². The molecule has 21 heavy (non-hydrogen) atoms. The van der Waals surface area contributed by atoms with Gasteiger partial charge in [-0.05, 0) is 68.9 Å². The Kier molecular flexibility index (Phi) is 4.91. The van der Waals surface area contributed by atoms with Crippen LogP contribution >= 0.6 is 11.6 Å². The Balaban J connectivity index is 1.48. The zero-order chi connectivity index (χ0) is 14.7. The zero-order valence-corrected chi connectivity index (χ0v) is 14.0. The van der Waals surface area contributed by atoms with Gasteiger partial charge in [0.05, 0.1) is 0 Å². The molecule has 1 spiro atoms. The van der Waals surface area contributed by atoms with Gasteiger partial charge in [-0.2, -0.15) is 0 Å². The smallest absolute Gasteiger partial charge is 0.0438 e. The second-order valence-electron chi connectivity index (χ2n) is 7.34. The van der Waals surface area contributed by atoms with Gasteiger partial charge in [-0.15, -0.1) is 0 Å². The van der Waals surface area contributed by atoms with Gasteiger partial charge in [-0.25, -0.2) is 0 Å². The molecule has 3 rings (SSSR count). The van der Waals surface area contributed by atoms with Crippen LogP contribution in [0.1, 0.15) is 63.9 Å². The third kappa shape index (κ3) is 3.81. The maximum atomic E-state index is 6.27. The Hall–Kier alpha value is -0.530. The number of hydrogen-bond donors (Lipinski definition) is 1. The van der Waals surface area contributed by atoms with Gasteiger partial charge in [0.15, 0.2) is 0 Å². The van der Waals surface area contributed by atoms with E-state index >= 15 is 0 Å². The van der Waals surface area contributed by atoms with Crippen molar-refractivity contribution in [1.82, 2.24) is 5.32 Å². The molecule has 0 radical (unpaired) electrons. The first kappa shape index (κ1) is 15.4. The van der Waals surface area contributed by atoms with Crippen molar-refractivity contribution in [2.45, 2.75) is 76.8 Å². The monoisotopic (exact) mass is 305 g/mol. The quantitative estimate of drug-likeness (QED) is 0.789. The Bertz CT molecular complexity index is 454. The summed E-state index contributed by atoms with van der Waals surface area (Å²) in [6, 6.07) is 9.45. The highest BCUT2D eigenvalue weighted by atomic mass is 35.5. The van der Waals surface area contributed by atoms with E-state index in [1.54, 1.807) is 0 Å². The van der Waals surface area contributed by atoms with Crippen LogP contribution in [0.2, 0.25) is 5.02 Å². The number of benzene rings is 1. The first-order valence-electron chi connectivity index (χ1n) is 8.66. The Morgan fingerprint density at radius 2 is 1.81 bits per heavy atom. The van der Waals surface area contributed by atoms with Crippen LogP contribution in [0.25, 0.3) is 0 Å². The van der Waals surface area contributed by atoms with Crippen molar-refractivity contribution in [1.29, 1.82) is 0 Å². The van der Waals surface area contributed by atoms with Crippen LogP contribution in [0.3, 0.4) is 0 Å². The lowest BCUT2D eigenvalue weighted by molar-refractivity contribution is 0.163. The summed E-state index contributed by atoms with van der Waals surface area (Å²) in [5, 5.41) is 4.74. The normalized spacial score (nSPS) is 23.5. The molecule has 1 unspecified atom stereocenters. The third-order valence-corrected chi connectivity index (χ3v) is 6.08. The highest BCUT2D eigenvalue weighted by Gasteiger charge is 2.37. The molecule has 0 saturated heterocycles. The molecule has 1 aromatic rings. The van der Waals surface area contributed by atoms with E-state index in [0.717, 1.165) is 16.9 Å². The van der Waals surface area contributed by atoms with Gasteiger partial charge >= 0.3 is 0 Å². The van der Waals surface area contributed by atoms with Crippen molar-refractivity contribution < 1.29 is 0 Å². The summed E-state index contributed by atoms with van der Waals surface area (Å²) in [5.41, 5.74) is 2.01. The fourth-order valence-corrected chi connectivity index (χ4v) is 4.69. The van der Waals surface area contributed by atoms with Gasteiger partial charge < -0.3 is 5.32 Å². The minimum atomic E-state index is 0.507. The average molecular weight is 306 g/mol. The largest absolute Gasteiger partial charge is 0.311 e. The minimum Gasteiger partial charge on any atom is -0.311 e. The Morgan fingerprint density at radius 3 is 2.48 bits per heavy atom. The van der Waals surface area contributed by atoms with Crippen LogP contribution in [0.15, 0.2) is 24.3 Å². The molecular weight excluding hydrogens is 278 g/mol. The molecule has 0 aliphatic heterocycles. The summed E-state index contributed by atoms with van der Waals surface area (Å²) in [4.78, 5) is 0. The lowest BCUT2D eigenvalue weighted by Crippen LogP contribution is -2.42. The van der Waals surface area contributed by atoms with Crippen LogP contribution in [0.5, 0.6) is 0 Å². The molecule has 1 N–H and O–H groups in total. The third-order valence-electron chi connectivity index (χ3n) is 5.71. The van der Waals surface area contributed by atoms with Crippen molar-refractivity contribution in [3.05, 3.63) is 34.9 Å². The lowest BCUT2D eigenvalue weighted by Gasteiger charge is -2.38. The van der Waals surface area contributed by atoms with Gasteiger partial charge in [0.2, 0.25) is 0 Å². The number of rotatable bonds is 4. The van der Waals surface area contributed by atoms with E-state index in [9.17, 15) is 0 Å². The maximum Gasteiger partial charge on any atom is 0.0438 e. The molecule has 2 fully saturated rings. The molecule has 1 atom stereocenters. The maximum absolute atomic E-state index is 6.27. The van der Waals surface area contributed by atoms with Gasteiger partial charge in [0.1, 0.15) is 0 Å². The van der Waals surface area contributed by atoms with Crippen molar-refractivity contribution in [3.8, 4) is 0 Å². The molecule has 2 aliphatic rings. The van der Waals surface area contributed by atoms with Crippen molar-refractivity contribution in [2.24, 2.45) is 5.41 Å². The standard InChI is InChI=1S/C19H28ClN/c1-15(14-16-6-2-3-7-18(16)20)21-17-8-12-19(13-9-17)10-4-5-11-19/h2-3,6-7,15,17,21H,4-5,8-14H2,1H3. The first-order chi connectivity index (χ1) is 10.2. The highest BCUT2D eigenvalue weighted by molar-refractivity contribution is 6.31. The molecule has 2 aliphatic carbocycles. The van der Waals surface area contributed by atoms with Crippen LogP contribution in [0.4, 0.5) is 0 Å². The Labute approximate surface area is 134 Å². The second-order valence-corrected chi connectivity index (χ2v) is 7.75. The molecule has 0 aromatic heterocycles. The van der Waals surface area contributed by atoms with Crippen LogP contribution in [-0.4, -0.2) is 12.1 Å². The molecule has 116 valence electrons. The highest BCUT2D eigenvalue weighted by Crippen LogP contribution is 2.48. The SMILES string of the molecule is CC(Cc1ccccc1Cl)NC1CCC2(CCCC2)CC1. The van der Waals surface area contributed by atoms with E-state index in [1.807, 2.05) is 12.1 Å². The van der Waals surface area contributed by atoms with E-state index in [4.69, 9.17) is 11.6 Å². The van der Waals surface area contributed by atoms with Crippen molar-refractivity contribution >= 4 is 11.6 Å². The van der Waals surface area contributed by atoms with Crippen LogP contribution in [-0.2, 0) is 6.42 Å². The first-order valence-corrected chi connectivity index (χ1v) is 9.04. The summed E-state index contributed by atoms with van der Waals surface area (Å²) < 4.78 is 0. The molecule has 0 bridgehead atoms. The van der Waals surface area contributed by atoms with Crippen LogP contribution < -0.4 is 5.32 Å². The summed E-state index contributed by atoms with van der Waals surface area (Å²) in [6.45, 7) is 2.29. The predicted molar refractivity (Wildman–Crippen MR) is 90.9 cm³/mol. The summed E-state index contributed by atoms with van der Waals surface area (Å²) >= 11 is 6.27. The minimum absolute atomic E-state index is 0.507. The molecule has 2 saturated carbocycles. The summed E-state index contributed by atoms with van der Waals surface area (Å²) in [7, 11) is 0.